The van der Waals surface area contributed by atoms with Gasteiger partial charge in [0.1, 0.15) is 16.9 Å². The third-order valence-corrected chi connectivity index (χ3v) is 2.26. The molecule has 0 saturated heterocycles. The van der Waals surface area contributed by atoms with Crippen LogP contribution in [0.3, 0.4) is 0 Å². The Balaban J connectivity index is 2.79. The van der Waals surface area contributed by atoms with E-state index in [0.29, 0.717) is 36.3 Å². The fraction of sp³-hybridized carbons (Fsp3) is 0.444. The van der Waals surface area contributed by atoms with Crippen LogP contribution >= 0.6 is 11.6 Å². The topological polar surface area (TPSA) is 64.0 Å². The molecule has 0 radical (unpaired) electrons. The molecule has 5 heteroatoms. The lowest BCUT2D eigenvalue weighted by atomic mass is 10.4. The van der Waals surface area contributed by atoms with Crippen LogP contribution < -0.4 is 5.73 Å². The molecule has 1 aromatic heterocycles. The standard InChI is InChI=1S/C9H12ClN3O/c1-2-14-4-3-13-7(6-11)5-8(12)9(13)10/h5H,2-4,12H2,1H3. The number of ether oxygens (including phenoxy) is 1. The molecule has 1 heterocycles. The van der Waals surface area contributed by atoms with Crippen LogP contribution in [0.15, 0.2) is 6.07 Å². The summed E-state index contributed by atoms with van der Waals surface area (Å²) in [7, 11) is 0. The summed E-state index contributed by atoms with van der Waals surface area (Å²) in [6.07, 6.45) is 0. The number of nitriles is 1. The van der Waals surface area contributed by atoms with Crippen molar-refractivity contribution in [2.75, 3.05) is 18.9 Å². The highest BCUT2D eigenvalue weighted by molar-refractivity contribution is 6.32. The number of hydrogen-bond donors (Lipinski definition) is 1. The highest BCUT2D eigenvalue weighted by Gasteiger charge is 2.10. The Morgan fingerprint density at radius 2 is 2.43 bits per heavy atom. The summed E-state index contributed by atoms with van der Waals surface area (Å²) in [6, 6.07) is 3.59. The molecule has 0 unspecified atom stereocenters. The minimum atomic E-state index is 0.404. The summed E-state index contributed by atoms with van der Waals surface area (Å²) < 4.78 is 6.82. The molecule has 0 saturated carbocycles. The minimum Gasteiger partial charge on any atom is -0.396 e. The summed E-state index contributed by atoms with van der Waals surface area (Å²) in [6.45, 7) is 3.64. The Bertz CT molecular complexity index is 354. The van der Waals surface area contributed by atoms with Crippen LogP contribution in [0.2, 0.25) is 5.15 Å². The molecule has 0 aliphatic carbocycles. The molecule has 1 rings (SSSR count). The molecule has 0 atom stereocenters. The van der Waals surface area contributed by atoms with Gasteiger partial charge in [-0.1, -0.05) is 11.6 Å². The van der Waals surface area contributed by atoms with Gasteiger partial charge in [0.05, 0.1) is 12.3 Å². The monoisotopic (exact) mass is 213 g/mol. The molecule has 0 bridgehead atoms. The van der Waals surface area contributed by atoms with E-state index in [1.54, 1.807) is 10.6 Å². The van der Waals surface area contributed by atoms with Crippen LogP contribution in [0.1, 0.15) is 12.6 Å². The van der Waals surface area contributed by atoms with Gasteiger partial charge in [-0.05, 0) is 13.0 Å². The zero-order valence-electron chi connectivity index (χ0n) is 7.96. The molecule has 14 heavy (non-hydrogen) atoms. The zero-order valence-corrected chi connectivity index (χ0v) is 8.71. The first-order chi connectivity index (χ1) is 6.70. The maximum atomic E-state index is 8.79. The van der Waals surface area contributed by atoms with Gasteiger partial charge >= 0.3 is 0 Å². The van der Waals surface area contributed by atoms with E-state index in [1.807, 2.05) is 13.0 Å². The molecule has 76 valence electrons. The third-order valence-electron chi connectivity index (χ3n) is 1.84. The summed E-state index contributed by atoms with van der Waals surface area (Å²) >= 11 is 5.90. The Morgan fingerprint density at radius 3 is 3.00 bits per heavy atom. The first-order valence-electron chi connectivity index (χ1n) is 4.33. The lowest BCUT2D eigenvalue weighted by Crippen LogP contribution is -2.07. The number of halogens is 1. The average Bonchev–Trinajstić information content (AvgIpc) is 2.45. The van der Waals surface area contributed by atoms with Gasteiger partial charge in [-0.25, -0.2) is 0 Å². The molecule has 4 nitrogen and oxygen atoms in total. The van der Waals surface area contributed by atoms with Gasteiger partial charge in [0.25, 0.3) is 0 Å². The minimum absolute atomic E-state index is 0.404. The van der Waals surface area contributed by atoms with Crippen molar-refractivity contribution in [1.29, 1.82) is 5.26 Å². The number of aromatic nitrogens is 1. The van der Waals surface area contributed by atoms with Crippen LogP contribution in [0.25, 0.3) is 0 Å². The van der Waals surface area contributed by atoms with Crippen molar-refractivity contribution in [3.05, 3.63) is 16.9 Å². The Kier molecular flexibility index (Phi) is 3.81. The van der Waals surface area contributed by atoms with E-state index in [2.05, 4.69) is 0 Å². The number of nitrogens with zero attached hydrogens (tertiary/aromatic N) is 2. The van der Waals surface area contributed by atoms with Gasteiger partial charge in [0.15, 0.2) is 0 Å². The SMILES string of the molecule is CCOCCn1c(C#N)cc(N)c1Cl. The van der Waals surface area contributed by atoms with Crippen molar-refractivity contribution in [3.63, 3.8) is 0 Å². The van der Waals surface area contributed by atoms with E-state index in [4.69, 9.17) is 27.3 Å². The molecular weight excluding hydrogens is 202 g/mol. The van der Waals surface area contributed by atoms with Gasteiger partial charge in [-0.3, -0.25) is 0 Å². The summed E-state index contributed by atoms with van der Waals surface area (Å²) in [4.78, 5) is 0. The normalized spacial score (nSPS) is 10.1. The summed E-state index contributed by atoms with van der Waals surface area (Å²) in [5.74, 6) is 0. The van der Waals surface area contributed by atoms with Crippen LogP contribution in [-0.2, 0) is 11.3 Å². The Labute approximate surface area is 87.8 Å². The fourth-order valence-corrected chi connectivity index (χ4v) is 1.39. The molecular formula is C9H12ClN3O. The van der Waals surface area contributed by atoms with Crippen molar-refractivity contribution in [2.24, 2.45) is 0 Å². The number of nitrogens with two attached hydrogens (primary N) is 1. The third kappa shape index (κ3) is 2.19. The second-order valence-corrected chi connectivity index (χ2v) is 3.09. The molecule has 0 spiro atoms. The predicted octanol–water partition coefficient (Wildman–Crippen LogP) is 1.63. The molecule has 2 N–H and O–H groups in total. The van der Waals surface area contributed by atoms with Crippen LogP contribution in [0.5, 0.6) is 0 Å². The van der Waals surface area contributed by atoms with Crippen molar-refractivity contribution < 1.29 is 4.74 Å². The molecule has 0 amide bonds. The van der Waals surface area contributed by atoms with Gasteiger partial charge in [0, 0.05) is 13.2 Å². The second-order valence-electron chi connectivity index (χ2n) is 2.74. The van der Waals surface area contributed by atoms with Crippen LogP contribution in [-0.4, -0.2) is 17.8 Å². The highest BCUT2D eigenvalue weighted by atomic mass is 35.5. The van der Waals surface area contributed by atoms with E-state index in [1.165, 1.54) is 0 Å². The first-order valence-corrected chi connectivity index (χ1v) is 4.70. The summed E-state index contributed by atoms with van der Waals surface area (Å²) in [5, 5.41) is 9.19. The van der Waals surface area contributed by atoms with Crippen LogP contribution in [0.4, 0.5) is 5.69 Å². The quantitative estimate of drug-likeness (QED) is 0.774. The maximum Gasteiger partial charge on any atom is 0.133 e. The van der Waals surface area contributed by atoms with Gasteiger partial charge < -0.3 is 15.0 Å². The Hall–Kier alpha value is -1.18. The van der Waals surface area contributed by atoms with Gasteiger partial charge in [-0.2, -0.15) is 5.26 Å². The number of rotatable bonds is 4. The molecule has 0 aromatic carbocycles. The first kappa shape index (κ1) is 10.9. The smallest absolute Gasteiger partial charge is 0.133 e. The zero-order chi connectivity index (χ0) is 10.6. The van der Waals surface area contributed by atoms with Crippen molar-refractivity contribution in [1.82, 2.24) is 4.57 Å². The van der Waals surface area contributed by atoms with Crippen molar-refractivity contribution in [3.8, 4) is 6.07 Å². The number of anilines is 1. The Morgan fingerprint density at radius 1 is 1.71 bits per heavy atom. The molecule has 0 fully saturated rings. The van der Waals surface area contributed by atoms with E-state index in [-0.39, 0.29) is 0 Å². The highest BCUT2D eigenvalue weighted by Crippen LogP contribution is 2.23. The van der Waals surface area contributed by atoms with Gasteiger partial charge in [-0.15, -0.1) is 0 Å². The number of hydrogen-bond acceptors (Lipinski definition) is 3. The largest absolute Gasteiger partial charge is 0.396 e. The molecule has 0 aliphatic heterocycles. The average molecular weight is 214 g/mol. The summed E-state index contributed by atoms with van der Waals surface area (Å²) in [5.41, 5.74) is 6.47. The maximum absolute atomic E-state index is 8.79. The number of nitrogen functional groups attached to an aromatic ring is 1. The lowest BCUT2D eigenvalue weighted by molar-refractivity contribution is 0.139. The van der Waals surface area contributed by atoms with E-state index in [9.17, 15) is 0 Å². The van der Waals surface area contributed by atoms with E-state index >= 15 is 0 Å². The fourth-order valence-electron chi connectivity index (χ4n) is 1.16. The van der Waals surface area contributed by atoms with Crippen molar-refractivity contribution >= 4 is 17.3 Å². The van der Waals surface area contributed by atoms with Crippen LogP contribution in [0, 0.1) is 11.3 Å². The molecule has 0 aliphatic rings. The van der Waals surface area contributed by atoms with Gasteiger partial charge in [0.2, 0.25) is 0 Å². The lowest BCUT2D eigenvalue weighted by Gasteiger charge is -2.06. The molecule has 1 aromatic rings. The van der Waals surface area contributed by atoms with Crippen molar-refractivity contribution in [2.45, 2.75) is 13.5 Å². The van der Waals surface area contributed by atoms with E-state index in [0.717, 1.165) is 0 Å². The van der Waals surface area contributed by atoms with E-state index < -0.39 is 0 Å². The predicted molar refractivity (Wildman–Crippen MR) is 55.1 cm³/mol. The second kappa shape index (κ2) is 4.89.